The van der Waals surface area contributed by atoms with Crippen LogP contribution in [0.1, 0.15) is 5.56 Å². The fourth-order valence-electron chi connectivity index (χ4n) is 2.23. The maximum Gasteiger partial charge on any atom is 0.419 e. The smallest absolute Gasteiger partial charge is 0.408 e. The van der Waals surface area contributed by atoms with Gasteiger partial charge in [0.25, 0.3) is 10.0 Å². The number of sulfonamides is 1. The lowest BCUT2D eigenvalue weighted by atomic mass is 10.2. The van der Waals surface area contributed by atoms with Crippen molar-refractivity contribution < 1.29 is 12.8 Å². The second-order valence-electron chi connectivity index (χ2n) is 5.12. The molecule has 2 aromatic carbocycles. The van der Waals surface area contributed by atoms with Gasteiger partial charge in [-0.1, -0.05) is 11.6 Å². The van der Waals surface area contributed by atoms with E-state index in [1.165, 1.54) is 22.8 Å². The van der Waals surface area contributed by atoms with Crippen LogP contribution in [-0.4, -0.2) is 13.0 Å². The highest BCUT2D eigenvalue weighted by molar-refractivity contribution is 7.92. The molecule has 0 spiro atoms. The number of fused-ring (bicyclic) bond motifs is 1. The van der Waals surface area contributed by atoms with E-state index < -0.39 is 15.8 Å². The fourth-order valence-corrected chi connectivity index (χ4v) is 3.60. The van der Waals surface area contributed by atoms with Gasteiger partial charge in [-0.3, -0.25) is 9.29 Å². The second-order valence-corrected chi connectivity index (χ2v) is 7.24. The molecule has 0 bridgehead atoms. The van der Waals surface area contributed by atoms with Gasteiger partial charge in [-0.25, -0.2) is 13.2 Å². The lowest BCUT2D eigenvalue weighted by Crippen LogP contribution is -2.13. The molecule has 3 rings (SSSR count). The largest absolute Gasteiger partial charge is 0.419 e. The number of aromatic nitrogens is 1. The summed E-state index contributed by atoms with van der Waals surface area (Å²) in [5, 5.41) is 0.526. The highest BCUT2D eigenvalue weighted by Crippen LogP contribution is 2.24. The summed E-state index contributed by atoms with van der Waals surface area (Å²) in [5.41, 5.74) is 1.88. The van der Waals surface area contributed by atoms with Crippen molar-refractivity contribution in [3.63, 3.8) is 0 Å². The predicted octanol–water partition coefficient (Wildman–Crippen LogP) is 2.89. The zero-order valence-corrected chi connectivity index (χ0v) is 13.9. The van der Waals surface area contributed by atoms with Gasteiger partial charge in [0.1, 0.15) is 0 Å². The monoisotopic (exact) mass is 352 g/mol. The Morgan fingerprint density at radius 3 is 2.61 bits per heavy atom. The Balaban J connectivity index is 2.04. The third-order valence-electron chi connectivity index (χ3n) is 3.51. The number of rotatable bonds is 3. The van der Waals surface area contributed by atoms with Gasteiger partial charge >= 0.3 is 5.76 Å². The Hall–Kier alpha value is -2.25. The first-order valence-electron chi connectivity index (χ1n) is 6.66. The summed E-state index contributed by atoms with van der Waals surface area (Å²) in [6, 6.07) is 9.14. The van der Waals surface area contributed by atoms with Crippen LogP contribution < -0.4 is 10.5 Å². The van der Waals surface area contributed by atoms with Crippen LogP contribution in [0.2, 0.25) is 5.02 Å². The Morgan fingerprint density at radius 2 is 1.91 bits per heavy atom. The van der Waals surface area contributed by atoms with Crippen molar-refractivity contribution in [2.45, 2.75) is 11.8 Å². The van der Waals surface area contributed by atoms with E-state index in [4.69, 9.17) is 16.0 Å². The maximum absolute atomic E-state index is 12.5. The molecule has 0 aliphatic rings. The molecule has 3 aromatic rings. The fraction of sp³-hybridized carbons (Fsp3) is 0.133. The lowest BCUT2D eigenvalue weighted by Gasteiger charge is -2.10. The van der Waals surface area contributed by atoms with Gasteiger partial charge in [-0.05, 0) is 42.8 Å². The van der Waals surface area contributed by atoms with Crippen molar-refractivity contribution >= 4 is 38.4 Å². The highest BCUT2D eigenvalue weighted by atomic mass is 35.5. The van der Waals surface area contributed by atoms with Crippen LogP contribution in [0.3, 0.4) is 0 Å². The number of nitrogens with one attached hydrogen (secondary N) is 1. The van der Waals surface area contributed by atoms with E-state index in [0.29, 0.717) is 21.8 Å². The van der Waals surface area contributed by atoms with Crippen molar-refractivity contribution in [3.05, 3.63) is 57.5 Å². The molecule has 1 N–H and O–H groups in total. The number of hydrogen-bond donors (Lipinski definition) is 1. The van der Waals surface area contributed by atoms with Gasteiger partial charge in [-0.2, -0.15) is 0 Å². The third-order valence-corrected chi connectivity index (χ3v) is 5.11. The topological polar surface area (TPSA) is 81.3 Å². The zero-order chi connectivity index (χ0) is 16.8. The summed E-state index contributed by atoms with van der Waals surface area (Å²) in [7, 11) is -2.25. The minimum atomic E-state index is -3.81. The molecule has 120 valence electrons. The van der Waals surface area contributed by atoms with E-state index in [1.54, 1.807) is 32.2 Å². The van der Waals surface area contributed by atoms with Crippen LogP contribution in [0.25, 0.3) is 11.1 Å². The number of oxazole rings is 1. The van der Waals surface area contributed by atoms with Crippen LogP contribution >= 0.6 is 11.6 Å². The molecular formula is C15H13ClN2O4S. The number of nitrogens with zero attached hydrogens (tertiary/aromatic N) is 1. The van der Waals surface area contributed by atoms with E-state index in [1.807, 2.05) is 0 Å². The first-order chi connectivity index (χ1) is 10.8. The van der Waals surface area contributed by atoms with Gasteiger partial charge in [0.05, 0.1) is 16.1 Å². The standard InChI is InChI=1S/C15H13ClN2O4S/c1-9-7-10(16)3-5-12(9)17-23(20,21)11-4-6-13-14(8-11)22-15(19)18(13)2/h3-8,17H,1-2H3. The molecule has 0 aliphatic heterocycles. The van der Waals surface area contributed by atoms with Crippen LogP contribution in [-0.2, 0) is 17.1 Å². The van der Waals surface area contributed by atoms with Crippen LogP contribution in [0.15, 0.2) is 50.5 Å². The molecule has 0 fully saturated rings. The maximum atomic E-state index is 12.5. The molecule has 1 heterocycles. The van der Waals surface area contributed by atoms with Crippen molar-refractivity contribution in [3.8, 4) is 0 Å². The average Bonchev–Trinajstić information content (AvgIpc) is 2.77. The van der Waals surface area contributed by atoms with Crippen molar-refractivity contribution in [1.82, 2.24) is 4.57 Å². The molecule has 0 aliphatic carbocycles. The second kappa shape index (κ2) is 5.43. The molecule has 6 nitrogen and oxygen atoms in total. The Morgan fingerprint density at radius 1 is 1.17 bits per heavy atom. The van der Waals surface area contributed by atoms with E-state index in [0.717, 1.165) is 0 Å². The molecule has 0 saturated carbocycles. The Bertz CT molecular complexity index is 1070. The van der Waals surface area contributed by atoms with Crippen LogP contribution in [0.4, 0.5) is 5.69 Å². The van der Waals surface area contributed by atoms with Gasteiger partial charge in [0, 0.05) is 18.1 Å². The summed E-state index contributed by atoms with van der Waals surface area (Å²) in [6.07, 6.45) is 0. The van der Waals surface area contributed by atoms with Gasteiger partial charge in [0.15, 0.2) is 5.58 Å². The minimum Gasteiger partial charge on any atom is -0.408 e. The van der Waals surface area contributed by atoms with E-state index >= 15 is 0 Å². The summed E-state index contributed by atoms with van der Waals surface area (Å²) in [5.74, 6) is -0.545. The van der Waals surface area contributed by atoms with Gasteiger partial charge in [0.2, 0.25) is 0 Å². The van der Waals surface area contributed by atoms with Crippen LogP contribution in [0, 0.1) is 6.92 Å². The lowest BCUT2D eigenvalue weighted by molar-refractivity contribution is 0.527. The summed E-state index contributed by atoms with van der Waals surface area (Å²) >= 11 is 5.87. The minimum absolute atomic E-state index is 0.00806. The van der Waals surface area contributed by atoms with Crippen LogP contribution in [0.5, 0.6) is 0 Å². The first-order valence-corrected chi connectivity index (χ1v) is 8.52. The Kier molecular flexibility index (Phi) is 3.69. The molecule has 8 heteroatoms. The van der Waals surface area contributed by atoms with E-state index in [9.17, 15) is 13.2 Å². The Labute approximate surface area is 137 Å². The number of anilines is 1. The third kappa shape index (κ3) is 2.85. The molecule has 0 atom stereocenters. The quantitative estimate of drug-likeness (QED) is 0.785. The van der Waals surface area contributed by atoms with E-state index in [2.05, 4.69) is 4.72 Å². The summed E-state index contributed by atoms with van der Waals surface area (Å²) in [4.78, 5) is 11.5. The van der Waals surface area contributed by atoms with Crippen molar-refractivity contribution in [2.75, 3.05) is 4.72 Å². The molecule has 1 aromatic heterocycles. The number of hydrogen-bond acceptors (Lipinski definition) is 4. The first kappa shape index (κ1) is 15.6. The van der Waals surface area contributed by atoms with Crippen molar-refractivity contribution in [1.29, 1.82) is 0 Å². The molecule has 0 amide bonds. The van der Waals surface area contributed by atoms with Gasteiger partial charge < -0.3 is 4.42 Å². The number of aryl methyl sites for hydroxylation is 2. The summed E-state index contributed by atoms with van der Waals surface area (Å²) in [6.45, 7) is 1.75. The molecule has 23 heavy (non-hydrogen) atoms. The highest BCUT2D eigenvalue weighted by Gasteiger charge is 2.18. The molecule has 0 radical (unpaired) electrons. The SMILES string of the molecule is Cc1cc(Cl)ccc1NS(=O)(=O)c1ccc2c(c1)oc(=O)n2C. The predicted molar refractivity (Wildman–Crippen MR) is 88.5 cm³/mol. The number of halogens is 1. The number of benzene rings is 2. The zero-order valence-electron chi connectivity index (χ0n) is 12.3. The normalized spacial score (nSPS) is 11.8. The molecular weight excluding hydrogens is 340 g/mol. The van der Waals surface area contributed by atoms with Gasteiger partial charge in [-0.15, -0.1) is 0 Å². The molecule has 0 unspecified atom stereocenters. The average molecular weight is 353 g/mol. The van der Waals surface area contributed by atoms with E-state index in [-0.39, 0.29) is 10.5 Å². The van der Waals surface area contributed by atoms with Crippen molar-refractivity contribution in [2.24, 2.45) is 7.05 Å². The molecule has 0 saturated heterocycles. The summed E-state index contributed by atoms with van der Waals surface area (Å²) < 4.78 is 33.8.